The molecule has 146 valence electrons. The van der Waals surface area contributed by atoms with Crippen LogP contribution in [0.3, 0.4) is 0 Å². The third-order valence-corrected chi connectivity index (χ3v) is 6.40. The molecule has 0 aromatic carbocycles. The van der Waals surface area contributed by atoms with Crippen molar-refractivity contribution >= 4 is 11.9 Å². The molecule has 0 spiro atoms. The molecule has 6 nitrogen and oxygen atoms in total. The van der Waals surface area contributed by atoms with Crippen LogP contribution in [0.4, 0.5) is 4.79 Å². The number of rotatable bonds is 0. The summed E-state index contributed by atoms with van der Waals surface area (Å²) >= 11 is 0. The van der Waals surface area contributed by atoms with Crippen LogP contribution in [0.1, 0.15) is 69.4 Å². The molecule has 1 saturated carbocycles. The molecule has 3 aliphatic rings. The third kappa shape index (κ3) is 2.64. The number of Topliss-reactive ketones (excluding diaryl/α,β-unsaturated/α-hetero) is 1. The summed E-state index contributed by atoms with van der Waals surface area (Å²) in [5.74, 6) is 0.0944. The second-order valence-corrected chi connectivity index (χ2v) is 9.42. The Morgan fingerprint density at radius 2 is 2.15 bits per heavy atom. The SMILES string of the molecule is C[C@@H]1C[C@H]2C(=O)c3c(ccc[n+]3[O-])[C@@]3(C1)[C@@H]2CCCN3C(=O)OC(C)(C)C. The van der Waals surface area contributed by atoms with Crippen LogP contribution in [0.2, 0.25) is 0 Å². The standard InChI is InChI=1S/C21H28N2O4/c1-13-11-14-15-7-5-9-22(19(25)27-20(2,3)4)21(15,12-13)16-8-6-10-23(26)17(16)18(14)24/h6,8,10,13-15H,5,7,9,11-12H2,1-4H3/t13-,14-,15-,21-/m1/s1. The Morgan fingerprint density at radius 3 is 2.85 bits per heavy atom. The van der Waals surface area contributed by atoms with E-state index < -0.39 is 11.1 Å². The van der Waals surface area contributed by atoms with E-state index in [0.29, 0.717) is 22.8 Å². The largest absolute Gasteiger partial charge is 0.618 e. The molecule has 2 bridgehead atoms. The van der Waals surface area contributed by atoms with Gasteiger partial charge in [0.05, 0.1) is 11.1 Å². The Balaban J connectivity index is 1.91. The predicted octanol–water partition coefficient (Wildman–Crippen LogP) is 3.40. The van der Waals surface area contributed by atoms with Gasteiger partial charge in [0, 0.05) is 18.5 Å². The normalized spacial score (nSPS) is 32.5. The lowest BCUT2D eigenvalue weighted by atomic mass is 9.53. The average molecular weight is 372 g/mol. The van der Waals surface area contributed by atoms with Crippen LogP contribution >= 0.6 is 0 Å². The second kappa shape index (κ2) is 5.94. The number of carbonyl (C=O) groups is 2. The number of aromatic nitrogens is 1. The lowest BCUT2D eigenvalue weighted by Crippen LogP contribution is -2.66. The van der Waals surface area contributed by atoms with Crippen molar-refractivity contribution < 1.29 is 19.1 Å². The minimum atomic E-state index is -0.625. The second-order valence-electron chi connectivity index (χ2n) is 9.42. The Labute approximate surface area is 160 Å². The number of carbonyl (C=O) groups excluding carboxylic acids is 2. The van der Waals surface area contributed by atoms with Gasteiger partial charge in [-0.05, 0) is 64.4 Å². The van der Waals surface area contributed by atoms with Crippen LogP contribution in [0.5, 0.6) is 0 Å². The number of ether oxygens (including phenoxy) is 1. The summed E-state index contributed by atoms with van der Waals surface area (Å²) in [6.45, 7) is 8.31. The van der Waals surface area contributed by atoms with E-state index in [1.165, 1.54) is 6.20 Å². The van der Waals surface area contributed by atoms with E-state index in [1.54, 1.807) is 6.07 Å². The molecule has 1 aromatic heterocycles. The number of hydrogen-bond donors (Lipinski definition) is 0. The highest BCUT2D eigenvalue weighted by atomic mass is 16.6. The summed E-state index contributed by atoms with van der Waals surface area (Å²) in [7, 11) is 0. The fourth-order valence-electron chi connectivity index (χ4n) is 5.69. The molecule has 1 saturated heterocycles. The highest BCUT2D eigenvalue weighted by Crippen LogP contribution is 2.58. The van der Waals surface area contributed by atoms with E-state index in [1.807, 2.05) is 31.7 Å². The van der Waals surface area contributed by atoms with Gasteiger partial charge in [0.2, 0.25) is 5.78 Å². The lowest BCUT2D eigenvalue weighted by molar-refractivity contribution is -0.609. The van der Waals surface area contributed by atoms with Crippen LogP contribution in [0.15, 0.2) is 18.3 Å². The van der Waals surface area contributed by atoms with E-state index in [4.69, 9.17) is 4.74 Å². The van der Waals surface area contributed by atoms with E-state index >= 15 is 0 Å². The number of amides is 1. The maximum atomic E-state index is 13.2. The van der Waals surface area contributed by atoms with E-state index in [0.717, 1.165) is 25.7 Å². The maximum absolute atomic E-state index is 13.2. The van der Waals surface area contributed by atoms with E-state index in [2.05, 4.69) is 6.92 Å². The fourth-order valence-corrected chi connectivity index (χ4v) is 5.69. The van der Waals surface area contributed by atoms with Crippen LogP contribution in [-0.4, -0.2) is 28.9 Å². The highest BCUT2D eigenvalue weighted by Gasteiger charge is 2.63. The van der Waals surface area contributed by atoms with Crippen LogP contribution in [0, 0.1) is 23.0 Å². The minimum Gasteiger partial charge on any atom is -0.618 e. The summed E-state index contributed by atoms with van der Waals surface area (Å²) < 4.78 is 6.43. The molecule has 1 aliphatic heterocycles. The Bertz CT molecular complexity index is 800. The number of likely N-dealkylation sites (tertiary alicyclic amines) is 1. The number of ketones is 1. The van der Waals surface area contributed by atoms with Gasteiger partial charge in [0.1, 0.15) is 5.60 Å². The average Bonchev–Trinajstić information content (AvgIpc) is 2.57. The first-order valence-corrected chi connectivity index (χ1v) is 9.92. The van der Waals surface area contributed by atoms with Gasteiger partial charge in [0.15, 0.2) is 6.20 Å². The molecular formula is C21H28N2O4. The van der Waals surface area contributed by atoms with Crippen molar-refractivity contribution in [1.82, 2.24) is 4.90 Å². The first-order valence-electron chi connectivity index (χ1n) is 9.92. The van der Waals surface area contributed by atoms with Crippen molar-refractivity contribution in [3.63, 3.8) is 0 Å². The van der Waals surface area contributed by atoms with Crippen molar-refractivity contribution in [3.05, 3.63) is 34.8 Å². The molecule has 1 amide bonds. The van der Waals surface area contributed by atoms with Gasteiger partial charge in [-0.3, -0.25) is 9.69 Å². The molecule has 0 radical (unpaired) electrons. The first kappa shape index (κ1) is 18.3. The van der Waals surface area contributed by atoms with Gasteiger partial charge in [-0.15, -0.1) is 0 Å². The molecule has 6 heteroatoms. The van der Waals surface area contributed by atoms with Crippen molar-refractivity contribution in [1.29, 1.82) is 0 Å². The quantitative estimate of drug-likeness (QED) is 0.517. The number of pyridine rings is 1. The number of hydrogen-bond acceptors (Lipinski definition) is 4. The van der Waals surface area contributed by atoms with Crippen LogP contribution in [0.25, 0.3) is 0 Å². The topological polar surface area (TPSA) is 73.5 Å². The number of nitrogens with zero attached hydrogens (tertiary/aromatic N) is 2. The monoisotopic (exact) mass is 372 g/mol. The third-order valence-electron chi connectivity index (χ3n) is 6.40. The summed E-state index contributed by atoms with van der Waals surface area (Å²) in [5, 5.41) is 12.5. The molecule has 4 rings (SSSR count). The molecule has 0 N–H and O–H groups in total. The summed E-state index contributed by atoms with van der Waals surface area (Å²) in [6.07, 6.45) is 4.33. The van der Waals surface area contributed by atoms with E-state index in [-0.39, 0.29) is 29.4 Å². The van der Waals surface area contributed by atoms with Gasteiger partial charge < -0.3 is 9.94 Å². The zero-order valence-electron chi connectivity index (χ0n) is 16.5. The van der Waals surface area contributed by atoms with Gasteiger partial charge in [-0.25, -0.2) is 4.79 Å². The Morgan fingerprint density at radius 1 is 1.41 bits per heavy atom. The fraction of sp³-hybridized carbons (Fsp3) is 0.667. The Kier molecular flexibility index (Phi) is 4.02. The molecule has 4 atom stereocenters. The Hall–Kier alpha value is -2.11. The zero-order chi connectivity index (χ0) is 19.6. The molecule has 1 aromatic rings. The maximum Gasteiger partial charge on any atom is 0.411 e. The number of piperidine rings is 1. The number of fused-ring (bicyclic) bond motifs is 1. The van der Waals surface area contributed by atoms with E-state index in [9.17, 15) is 14.8 Å². The molecule has 27 heavy (non-hydrogen) atoms. The highest BCUT2D eigenvalue weighted by molar-refractivity contribution is 5.98. The molecule has 2 heterocycles. The lowest BCUT2D eigenvalue weighted by Gasteiger charge is -2.59. The summed E-state index contributed by atoms with van der Waals surface area (Å²) in [4.78, 5) is 28.2. The summed E-state index contributed by atoms with van der Waals surface area (Å²) in [6, 6.07) is 3.55. The van der Waals surface area contributed by atoms with Crippen molar-refractivity contribution in [2.24, 2.45) is 17.8 Å². The van der Waals surface area contributed by atoms with Gasteiger partial charge >= 0.3 is 6.09 Å². The zero-order valence-corrected chi connectivity index (χ0v) is 16.5. The van der Waals surface area contributed by atoms with Gasteiger partial charge in [-0.2, -0.15) is 4.73 Å². The summed E-state index contributed by atoms with van der Waals surface area (Å²) in [5.41, 5.74) is -0.285. The minimum absolute atomic E-state index is 0.0531. The van der Waals surface area contributed by atoms with Crippen molar-refractivity contribution in [2.75, 3.05) is 6.54 Å². The molecule has 0 unspecified atom stereocenters. The van der Waals surface area contributed by atoms with Gasteiger partial charge in [-0.1, -0.05) is 6.92 Å². The van der Waals surface area contributed by atoms with Crippen LogP contribution < -0.4 is 4.73 Å². The molecular weight excluding hydrogens is 344 g/mol. The molecule has 2 aliphatic carbocycles. The van der Waals surface area contributed by atoms with Crippen molar-refractivity contribution in [2.45, 2.75) is 64.5 Å². The molecule has 2 fully saturated rings. The van der Waals surface area contributed by atoms with Crippen LogP contribution in [-0.2, 0) is 10.3 Å². The smallest absolute Gasteiger partial charge is 0.411 e. The predicted molar refractivity (Wildman–Crippen MR) is 99.0 cm³/mol. The van der Waals surface area contributed by atoms with Crippen molar-refractivity contribution in [3.8, 4) is 0 Å². The first-order chi connectivity index (χ1) is 12.6. The van der Waals surface area contributed by atoms with Gasteiger partial charge in [0.25, 0.3) is 5.69 Å².